The van der Waals surface area contributed by atoms with Gasteiger partial charge in [-0.3, -0.25) is 0 Å². The van der Waals surface area contributed by atoms with Crippen LogP contribution in [0.2, 0.25) is 0 Å². The van der Waals surface area contributed by atoms with Gasteiger partial charge in [0.2, 0.25) is 0 Å². The van der Waals surface area contributed by atoms with Crippen molar-refractivity contribution in [2.45, 2.75) is 38.2 Å². The Morgan fingerprint density at radius 3 is 2.33 bits per heavy atom. The number of benzene rings is 2. The molecular weight excluding hydrogens is 258 g/mol. The van der Waals surface area contributed by atoms with Crippen molar-refractivity contribution in [3.05, 3.63) is 48.0 Å². The second-order valence-electron chi connectivity index (χ2n) is 6.15. The van der Waals surface area contributed by atoms with Crippen molar-refractivity contribution >= 4 is 10.8 Å². The van der Waals surface area contributed by atoms with E-state index in [2.05, 4.69) is 41.3 Å². The number of hydrogen-bond donors (Lipinski definition) is 1. The Morgan fingerprint density at radius 2 is 1.52 bits per heavy atom. The van der Waals surface area contributed by atoms with E-state index in [0.29, 0.717) is 0 Å². The Morgan fingerprint density at radius 1 is 0.857 bits per heavy atom. The Labute approximate surface area is 127 Å². The third-order valence-electron chi connectivity index (χ3n) is 4.56. The van der Waals surface area contributed by atoms with E-state index in [0.717, 1.165) is 25.2 Å². The number of aliphatic hydroxyl groups is 1. The summed E-state index contributed by atoms with van der Waals surface area (Å²) in [4.78, 5) is 2.44. The monoisotopic (exact) mass is 283 g/mol. The van der Waals surface area contributed by atoms with Crippen molar-refractivity contribution in [3.63, 3.8) is 0 Å². The molecule has 0 radical (unpaired) electrons. The molecule has 112 valence electrons. The molecule has 0 bridgehead atoms. The highest BCUT2D eigenvalue weighted by Gasteiger charge is 2.16. The molecule has 1 saturated heterocycles. The molecule has 2 nitrogen and oxygen atoms in total. The molecule has 0 saturated carbocycles. The van der Waals surface area contributed by atoms with Crippen molar-refractivity contribution in [3.8, 4) is 0 Å². The second-order valence-corrected chi connectivity index (χ2v) is 6.15. The molecule has 0 aromatic heterocycles. The molecular formula is C19H25NO. The average molecular weight is 283 g/mol. The van der Waals surface area contributed by atoms with Crippen molar-refractivity contribution in [2.24, 2.45) is 0 Å². The fourth-order valence-electron chi connectivity index (χ4n) is 3.38. The Hall–Kier alpha value is -1.38. The lowest BCUT2D eigenvalue weighted by molar-refractivity contribution is 0.109. The van der Waals surface area contributed by atoms with Gasteiger partial charge in [-0.25, -0.2) is 0 Å². The van der Waals surface area contributed by atoms with Crippen LogP contribution in [-0.4, -0.2) is 29.6 Å². The molecule has 1 atom stereocenters. The molecule has 1 aliphatic heterocycles. The van der Waals surface area contributed by atoms with Crippen LogP contribution in [0.3, 0.4) is 0 Å². The van der Waals surface area contributed by atoms with Gasteiger partial charge in [0.25, 0.3) is 0 Å². The highest BCUT2D eigenvalue weighted by atomic mass is 16.3. The number of likely N-dealkylation sites (tertiary alicyclic amines) is 1. The number of rotatable bonds is 3. The molecule has 2 aromatic carbocycles. The molecule has 0 amide bonds. The zero-order chi connectivity index (χ0) is 14.5. The van der Waals surface area contributed by atoms with Crippen molar-refractivity contribution < 1.29 is 5.11 Å². The first-order valence-electron chi connectivity index (χ1n) is 8.23. The van der Waals surface area contributed by atoms with Gasteiger partial charge in [-0.05, 0) is 42.3 Å². The van der Waals surface area contributed by atoms with E-state index in [4.69, 9.17) is 0 Å². The van der Waals surface area contributed by atoms with E-state index in [1.807, 2.05) is 6.07 Å². The first-order chi connectivity index (χ1) is 10.3. The molecule has 1 fully saturated rings. The van der Waals surface area contributed by atoms with E-state index < -0.39 is 6.10 Å². The van der Waals surface area contributed by atoms with Crippen LogP contribution in [0.1, 0.15) is 43.8 Å². The molecule has 3 rings (SSSR count). The van der Waals surface area contributed by atoms with E-state index in [1.54, 1.807) is 0 Å². The third-order valence-corrected chi connectivity index (χ3v) is 4.56. The summed E-state index contributed by atoms with van der Waals surface area (Å²) in [5.74, 6) is 0. The lowest BCUT2D eigenvalue weighted by atomic mass is 9.99. The summed E-state index contributed by atoms with van der Waals surface area (Å²) in [5, 5.41) is 13.1. The summed E-state index contributed by atoms with van der Waals surface area (Å²) >= 11 is 0. The van der Waals surface area contributed by atoms with Gasteiger partial charge in [0, 0.05) is 6.54 Å². The molecule has 1 heterocycles. The molecule has 1 aliphatic rings. The lowest BCUT2D eigenvalue weighted by Crippen LogP contribution is -2.31. The van der Waals surface area contributed by atoms with Crippen LogP contribution in [0.15, 0.2) is 42.5 Å². The Balaban J connectivity index is 1.75. The lowest BCUT2D eigenvalue weighted by Gasteiger charge is -2.27. The standard InChI is InChI=1S/C19H25NO/c21-19(15-20-13-6-2-1-3-7-14-20)18-12-8-10-16-9-4-5-11-17(16)18/h4-5,8-12,19,21H,1-3,6-7,13-15H2. The largest absolute Gasteiger partial charge is 0.387 e. The highest BCUT2D eigenvalue weighted by molar-refractivity contribution is 5.85. The minimum absolute atomic E-state index is 0.393. The first-order valence-corrected chi connectivity index (χ1v) is 8.23. The van der Waals surface area contributed by atoms with Gasteiger partial charge in [0.1, 0.15) is 0 Å². The predicted molar refractivity (Wildman–Crippen MR) is 88.4 cm³/mol. The van der Waals surface area contributed by atoms with Crippen LogP contribution >= 0.6 is 0 Å². The van der Waals surface area contributed by atoms with Gasteiger partial charge in [-0.15, -0.1) is 0 Å². The van der Waals surface area contributed by atoms with Gasteiger partial charge in [-0.1, -0.05) is 61.7 Å². The van der Waals surface area contributed by atoms with Crippen LogP contribution in [0.25, 0.3) is 10.8 Å². The van der Waals surface area contributed by atoms with Gasteiger partial charge in [0.05, 0.1) is 6.10 Å². The summed E-state index contributed by atoms with van der Waals surface area (Å²) in [6, 6.07) is 14.6. The number of aliphatic hydroxyl groups excluding tert-OH is 1. The Kier molecular flexibility index (Phi) is 4.89. The van der Waals surface area contributed by atoms with Crippen molar-refractivity contribution in [1.82, 2.24) is 4.90 Å². The Bertz CT molecular complexity index is 567. The first kappa shape index (κ1) is 14.6. The number of nitrogens with zero attached hydrogens (tertiary/aromatic N) is 1. The molecule has 21 heavy (non-hydrogen) atoms. The molecule has 1 N–H and O–H groups in total. The summed E-state index contributed by atoms with van der Waals surface area (Å²) in [6.45, 7) is 3.01. The maximum Gasteiger partial charge on any atom is 0.0922 e. The fourth-order valence-corrected chi connectivity index (χ4v) is 3.38. The third kappa shape index (κ3) is 3.63. The van der Waals surface area contributed by atoms with Crippen LogP contribution in [0, 0.1) is 0 Å². The van der Waals surface area contributed by atoms with Crippen molar-refractivity contribution in [2.75, 3.05) is 19.6 Å². The summed E-state index contributed by atoms with van der Waals surface area (Å²) in [7, 11) is 0. The van der Waals surface area contributed by atoms with Crippen LogP contribution < -0.4 is 0 Å². The second kappa shape index (κ2) is 7.06. The zero-order valence-electron chi connectivity index (χ0n) is 12.7. The van der Waals surface area contributed by atoms with E-state index in [-0.39, 0.29) is 0 Å². The maximum absolute atomic E-state index is 10.7. The smallest absolute Gasteiger partial charge is 0.0922 e. The zero-order valence-corrected chi connectivity index (χ0v) is 12.7. The molecule has 2 heteroatoms. The molecule has 0 spiro atoms. The predicted octanol–water partition coefficient (Wildman–Crippen LogP) is 4.14. The van der Waals surface area contributed by atoms with Crippen molar-refractivity contribution in [1.29, 1.82) is 0 Å². The molecule has 0 aliphatic carbocycles. The van der Waals surface area contributed by atoms with Crippen LogP contribution in [-0.2, 0) is 0 Å². The maximum atomic E-state index is 10.7. The average Bonchev–Trinajstić information content (AvgIpc) is 2.49. The summed E-state index contributed by atoms with van der Waals surface area (Å²) in [6.07, 6.45) is 6.18. The van der Waals surface area contributed by atoms with E-state index in [9.17, 15) is 5.11 Å². The van der Waals surface area contributed by atoms with Crippen LogP contribution in [0.5, 0.6) is 0 Å². The number of fused-ring (bicyclic) bond motifs is 1. The molecule has 2 aromatic rings. The number of hydrogen-bond acceptors (Lipinski definition) is 2. The highest BCUT2D eigenvalue weighted by Crippen LogP contribution is 2.25. The summed E-state index contributed by atoms with van der Waals surface area (Å²) < 4.78 is 0. The van der Waals surface area contributed by atoms with Gasteiger partial charge in [-0.2, -0.15) is 0 Å². The number of β-amino-alcohol motifs (C(OH)–C–C–N with tert-alkyl or cyclic N) is 1. The van der Waals surface area contributed by atoms with Gasteiger partial charge >= 0.3 is 0 Å². The van der Waals surface area contributed by atoms with E-state index in [1.165, 1.54) is 42.9 Å². The minimum Gasteiger partial charge on any atom is -0.387 e. The van der Waals surface area contributed by atoms with Gasteiger partial charge in [0.15, 0.2) is 0 Å². The molecule has 1 unspecified atom stereocenters. The van der Waals surface area contributed by atoms with E-state index >= 15 is 0 Å². The summed E-state index contributed by atoms with van der Waals surface area (Å²) in [5.41, 5.74) is 1.06. The quantitative estimate of drug-likeness (QED) is 0.915. The SMILES string of the molecule is OC(CN1CCCCCCC1)c1cccc2ccccc12. The topological polar surface area (TPSA) is 23.5 Å². The van der Waals surface area contributed by atoms with Crippen LogP contribution in [0.4, 0.5) is 0 Å². The van der Waals surface area contributed by atoms with Gasteiger partial charge < -0.3 is 10.0 Å². The normalized spacial score (nSPS) is 19.1. The fraction of sp³-hybridized carbons (Fsp3) is 0.474. The minimum atomic E-state index is -0.393.